The van der Waals surface area contributed by atoms with Crippen molar-refractivity contribution in [3.63, 3.8) is 0 Å². The average molecular weight is 288 g/mol. The molecule has 0 saturated carbocycles. The Bertz CT molecular complexity index is 638. The van der Waals surface area contributed by atoms with E-state index in [0.29, 0.717) is 6.42 Å². The van der Waals surface area contributed by atoms with Gasteiger partial charge in [-0.2, -0.15) is 0 Å². The normalized spacial score (nSPS) is 13.2. The van der Waals surface area contributed by atoms with Gasteiger partial charge in [0.15, 0.2) is 0 Å². The van der Waals surface area contributed by atoms with Crippen molar-refractivity contribution in [2.45, 2.75) is 52.7 Å². The molecule has 0 unspecified atom stereocenters. The first-order chi connectivity index (χ1) is 9.74. The molecule has 0 aliphatic heterocycles. The van der Waals surface area contributed by atoms with Gasteiger partial charge < -0.3 is 15.0 Å². The molecule has 2 rings (SSSR count). The standard InChI is InChI=1S/C17H24N2O2/c1-11-6-7-14-13(10-18-15(14)8-11)9-12(2)21-16(20)19-17(3,4)5/h6-8,10,12,18H,9H2,1-5H3,(H,19,20)/t12-/m1/s1. The van der Waals surface area contributed by atoms with Crippen LogP contribution in [0.5, 0.6) is 0 Å². The van der Waals surface area contributed by atoms with Gasteiger partial charge in [0.05, 0.1) is 0 Å². The van der Waals surface area contributed by atoms with E-state index >= 15 is 0 Å². The van der Waals surface area contributed by atoms with E-state index in [1.807, 2.05) is 33.9 Å². The molecule has 1 amide bonds. The Morgan fingerprint density at radius 3 is 2.76 bits per heavy atom. The van der Waals surface area contributed by atoms with Crippen molar-refractivity contribution in [3.8, 4) is 0 Å². The first-order valence-electron chi connectivity index (χ1n) is 7.30. The van der Waals surface area contributed by atoms with Crippen molar-refractivity contribution in [2.24, 2.45) is 0 Å². The van der Waals surface area contributed by atoms with Crippen LogP contribution >= 0.6 is 0 Å². The summed E-state index contributed by atoms with van der Waals surface area (Å²) < 4.78 is 5.41. The lowest BCUT2D eigenvalue weighted by atomic mass is 10.1. The minimum Gasteiger partial charge on any atom is -0.446 e. The van der Waals surface area contributed by atoms with E-state index in [0.717, 1.165) is 5.52 Å². The Balaban J connectivity index is 2.01. The van der Waals surface area contributed by atoms with Crippen molar-refractivity contribution in [2.75, 3.05) is 0 Å². The molecule has 4 heteroatoms. The number of aromatic nitrogens is 1. The van der Waals surface area contributed by atoms with Gasteiger partial charge in [-0.15, -0.1) is 0 Å². The summed E-state index contributed by atoms with van der Waals surface area (Å²) in [5, 5.41) is 3.99. The van der Waals surface area contributed by atoms with Crippen LogP contribution in [0.3, 0.4) is 0 Å². The maximum absolute atomic E-state index is 11.8. The second kappa shape index (κ2) is 5.80. The average Bonchev–Trinajstić information content (AvgIpc) is 2.68. The van der Waals surface area contributed by atoms with Gasteiger partial charge in [-0.1, -0.05) is 12.1 Å². The summed E-state index contributed by atoms with van der Waals surface area (Å²) in [6, 6.07) is 6.33. The van der Waals surface area contributed by atoms with Crippen LogP contribution in [0.4, 0.5) is 4.79 Å². The predicted octanol–water partition coefficient (Wildman–Crippen LogP) is 3.93. The van der Waals surface area contributed by atoms with E-state index in [9.17, 15) is 4.79 Å². The maximum atomic E-state index is 11.8. The zero-order valence-electron chi connectivity index (χ0n) is 13.4. The first-order valence-corrected chi connectivity index (χ1v) is 7.30. The highest BCUT2D eigenvalue weighted by atomic mass is 16.6. The number of carbonyl (C=O) groups is 1. The minimum atomic E-state index is -0.370. The maximum Gasteiger partial charge on any atom is 0.407 e. The Labute approximate surface area is 125 Å². The summed E-state index contributed by atoms with van der Waals surface area (Å²) in [5.41, 5.74) is 3.23. The summed E-state index contributed by atoms with van der Waals surface area (Å²) in [5.74, 6) is 0. The van der Waals surface area contributed by atoms with Gasteiger partial charge in [-0.3, -0.25) is 0 Å². The van der Waals surface area contributed by atoms with Crippen LogP contribution in [0.1, 0.15) is 38.8 Å². The molecular weight excluding hydrogens is 264 g/mol. The number of rotatable bonds is 3. The largest absolute Gasteiger partial charge is 0.446 e. The molecule has 2 aromatic rings. The van der Waals surface area contributed by atoms with E-state index in [2.05, 4.69) is 35.4 Å². The third-order valence-corrected chi connectivity index (χ3v) is 3.22. The Kier molecular flexibility index (Phi) is 4.26. The summed E-state index contributed by atoms with van der Waals surface area (Å²) in [4.78, 5) is 15.0. The molecule has 0 radical (unpaired) electrons. The monoisotopic (exact) mass is 288 g/mol. The number of amides is 1. The second-order valence-electron chi connectivity index (χ2n) is 6.66. The van der Waals surface area contributed by atoms with Gasteiger partial charge in [-0.05, 0) is 51.8 Å². The number of alkyl carbamates (subject to hydrolysis) is 1. The third kappa shape index (κ3) is 4.25. The molecule has 21 heavy (non-hydrogen) atoms. The molecule has 0 spiro atoms. The fourth-order valence-corrected chi connectivity index (χ4v) is 2.34. The molecule has 1 aromatic heterocycles. The fraction of sp³-hybridized carbons (Fsp3) is 0.471. The Morgan fingerprint density at radius 1 is 1.38 bits per heavy atom. The summed E-state index contributed by atoms with van der Waals surface area (Å²) >= 11 is 0. The molecule has 0 aliphatic carbocycles. The van der Waals surface area contributed by atoms with Crippen LogP contribution in [0.25, 0.3) is 10.9 Å². The van der Waals surface area contributed by atoms with E-state index in [1.54, 1.807) is 0 Å². The third-order valence-electron chi connectivity index (χ3n) is 3.22. The van der Waals surface area contributed by atoms with Crippen LogP contribution in [-0.4, -0.2) is 22.7 Å². The lowest BCUT2D eigenvalue weighted by Gasteiger charge is -2.22. The zero-order chi connectivity index (χ0) is 15.6. The molecule has 0 bridgehead atoms. The molecule has 0 aliphatic rings. The number of aryl methyl sites for hydroxylation is 1. The Hall–Kier alpha value is -1.97. The fourth-order valence-electron chi connectivity index (χ4n) is 2.34. The molecule has 0 fully saturated rings. The predicted molar refractivity (Wildman–Crippen MR) is 85.6 cm³/mol. The lowest BCUT2D eigenvalue weighted by Crippen LogP contribution is -2.42. The smallest absolute Gasteiger partial charge is 0.407 e. The lowest BCUT2D eigenvalue weighted by molar-refractivity contribution is 0.100. The molecule has 1 atom stereocenters. The second-order valence-corrected chi connectivity index (χ2v) is 6.66. The highest BCUT2D eigenvalue weighted by Gasteiger charge is 2.17. The molecule has 114 valence electrons. The number of aromatic amines is 1. The molecule has 1 aromatic carbocycles. The van der Waals surface area contributed by atoms with Gasteiger partial charge in [-0.25, -0.2) is 4.79 Å². The number of fused-ring (bicyclic) bond motifs is 1. The van der Waals surface area contributed by atoms with Crippen LogP contribution in [0, 0.1) is 6.92 Å². The van der Waals surface area contributed by atoms with Gasteiger partial charge in [0.25, 0.3) is 0 Å². The Morgan fingerprint density at radius 2 is 2.10 bits per heavy atom. The topological polar surface area (TPSA) is 54.1 Å². The van der Waals surface area contributed by atoms with Crippen molar-refractivity contribution in [1.29, 1.82) is 0 Å². The number of ether oxygens (including phenoxy) is 1. The van der Waals surface area contributed by atoms with E-state index in [-0.39, 0.29) is 17.7 Å². The van der Waals surface area contributed by atoms with Crippen LogP contribution < -0.4 is 5.32 Å². The zero-order valence-corrected chi connectivity index (χ0v) is 13.4. The number of hydrogen-bond acceptors (Lipinski definition) is 2. The van der Waals surface area contributed by atoms with E-state index in [4.69, 9.17) is 4.74 Å². The number of H-pyrrole nitrogens is 1. The highest BCUT2D eigenvalue weighted by Crippen LogP contribution is 2.21. The molecular formula is C17H24N2O2. The van der Waals surface area contributed by atoms with Crippen molar-refractivity contribution in [3.05, 3.63) is 35.5 Å². The SMILES string of the molecule is Cc1ccc2c(C[C@@H](C)OC(=O)NC(C)(C)C)c[nH]c2c1. The van der Waals surface area contributed by atoms with E-state index in [1.165, 1.54) is 16.5 Å². The van der Waals surface area contributed by atoms with Gasteiger partial charge >= 0.3 is 6.09 Å². The molecule has 0 saturated heterocycles. The van der Waals surface area contributed by atoms with Gasteiger partial charge in [0.1, 0.15) is 6.10 Å². The van der Waals surface area contributed by atoms with Crippen molar-refractivity contribution in [1.82, 2.24) is 10.3 Å². The summed E-state index contributed by atoms with van der Waals surface area (Å²) in [6.45, 7) is 9.78. The number of carbonyl (C=O) groups excluding carboxylic acids is 1. The van der Waals surface area contributed by atoms with Gasteiger partial charge in [0, 0.05) is 29.1 Å². The van der Waals surface area contributed by atoms with Crippen molar-refractivity contribution < 1.29 is 9.53 Å². The minimum absolute atomic E-state index is 0.173. The highest BCUT2D eigenvalue weighted by molar-refractivity contribution is 5.83. The number of benzene rings is 1. The molecule has 1 heterocycles. The van der Waals surface area contributed by atoms with Crippen molar-refractivity contribution >= 4 is 17.0 Å². The van der Waals surface area contributed by atoms with Crippen LogP contribution in [-0.2, 0) is 11.2 Å². The van der Waals surface area contributed by atoms with Crippen LogP contribution in [0.2, 0.25) is 0 Å². The van der Waals surface area contributed by atoms with Crippen LogP contribution in [0.15, 0.2) is 24.4 Å². The number of hydrogen-bond donors (Lipinski definition) is 2. The molecule has 2 N–H and O–H groups in total. The summed E-state index contributed by atoms with van der Waals surface area (Å²) in [6.07, 6.45) is 2.14. The first kappa shape index (κ1) is 15.4. The summed E-state index contributed by atoms with van der Waals surface area (Å²) in [7, 11) is 0. The number of nitrogens with one attached hydrogen (secondary N) is 2. The quantitative estimate of drug-likeness (QED) is 0.899. The van der Waals surface area contributed by atoms with E-state index < -0.39 is 0 Å². The van der Waals surface area contributed by atoms with Gasteiger partial charge in [0.2, 0.25) is 0 Å². The molecule has 4 nitrogen and oxygen atoms in total.